The highest BCUT2D eigenvalue weighted by Gasteiger charge is 2.02. The van der Waals surface area contributed by atoms with Crippen LogP contribution in [0.5, 0.6) is 0 Å². The highest BCUT2D eigenvalue weighted by atomic mass is 16.5. The standard InChI is InChI=1S/C10H17NO2/c1-9-4-5-10(8-12)11(9)6-3-7-13-2/h4-5,12H,3,6-8H2,1-2H3. The zero-order valence-electron chi connectivity index (χ0n) is 8.29. The van der Waals surface area contributed by atoms with Crippen LogP contribution in [0.3, 0.4) is 0 Å². The molecule has 0 amide bonds. The minimum absolute atomic E-state index is 0.112. The Hall–Kier alpha value is -0.800. The minimum Gasteiger partial charge on any atom is -0.390 e. The highest BCUT2D eigenvalue weighted by Crippen LogP contribution is 2.09. The quantitative estimate of drug-likeness (QED) is 0.699. The predicted molar refractivity (Wildman–Crippen MR) is 51.6 cm³/mol. The maximum absolute atomic E-state index is 9.04. The highest BCUT2D eigenvalue weighted by molar-refractivity contribution is 5.14. The van der Waals surface area contributed by atoms with E-state index in [1.54, 1.807) is 7.11 Å². The number of nitrogens with zero attached hydrogens (tertiary/aromatic N) is 1. The number of ether oxygens (including phenoxy) is 1. The van der Waals surface area contributed by atoms with Gasteiger partial charge >= 0.3 is 0 Å². The second kappa shape index (κ2) is 5.04. The molecule has 0 spiro atoms. The molecule has 1 aromatic heterocycles. The van der Waals surface area contributed by atoms with Gasteiger partial charge in [-0.05, 0) is 25.5 Å². The summed E-state index contributed by atoms with van der Waals surface area (Å²) in [7, 11) is 1.70. The Bertz CT molecular complexity index is 255. The van der Waals surface area contributed by atoms with Crippen LogP contribution in [-0.4, -0.2) is 23.4 Å². The van der Waals surface area contributed by atoms with Crippen molar-refractivity contribution in [3.8, 4) is 0 Å². The molecule has 0 saturated heterocycles. The Balaban J connectivity index is 2.57. The number of aryl methyl sites for hydroxylation is 1. The zero-order valence-corrected chi connectivity index (χ0v) is 8.29. The lowest BCUT2D eigenvalue weighted by Gasteiger charge is -2.09. The van der Waals surface area contributed by atoms with Gasteiger partial charge in [-0.25, -0.2) is 0 Å². The van der Waals surface area contributed by atoms with E-state index < -0.39 is 0 Å². The summed E-state index contributed by atoms with van der Waals surface area (Å²) >= 11 is 0. The first-order chi connectivity index (χ1) is 6.29. The van der Waals surface area contributed by atoms with Crippen molar-refractivity contribution in [2.75, 3.05) is 13.7 Å². The van der Waals surface area contributed by atoms with E-state index in [2.05, 4.69) is 4.57 Å². The Morgan fingerprint density at radius 1 is 1.46 bits per heavy atom. The molecule has 0 unspecified atom stereocenters. The van der Waals surface area contributed by atoms with Gasteiger partial charge in [0.05, 0.1) is 6.61 Å². The number of aliphatic hydroxyl groups is 1. The lowest BCUT2D eigenvalue weighted by molar-refractivity contribution is 0.188. The van der Waals surface area contributed by atoms with Crippen molar-refractivity contribution >= 4 is 0 Å². The van der Waals surface area contributed by atoms with Crippen molar-refractivity contribution in [1.29, 1.82) is 0 Å². The molecule has 1 heterocycles. The second-order valence-corrected chi connectivity index (χ2v) is 3.12. The van der Waals surface area contributed by atoms with Crippen molar-refractivity contribution in [2.45, 2.75) is 26.5 Å². The summed E-state index contributed by atoms with van der Waals surface area (Å²) < 4.78 is 7.10. The molecule has 1 N–H and O–H groups in total. The van der Waals surface area contributed by atoms with Gasteiger partial charge in [-0.3, -0.25) is 0 Å². The molecule has 3 heteroatoms. The Morgan fingerprint density at radius 3 is 2.85 bits per heavy atom. The summed E-state index contributed by atoms with van der Waals surface area (Å²) in [5.74, 6) is 0. The Morgan fingerprint density at radius 2 is 2.23 bits per heavy atom. The van der Waals surface area contributed by atoms with Crippen molar-refractivity contribution in [3.63, 3.8) is 0 Å². The summed E-state index contributed by atoms with van der Waals surface area (Å²) in [5.41, 5.74) is 2.17. The number of rotatable bonds is 5. The topological polar surface area (TPSA) is 34.4 Å². The Kier molecular flexibility index (Phi) is 3.99. The molecule has 0 radical (unpaired) electrons. The van der Waals surface area contributed by atoms with Gasteiger partial charge in [0.2, 0.25) is 0 Å². The fraction of sp³-hybridized carbons (Fsp3) is 0.600. The fourth-order valence-electron chi connectivity index (χ4n) is 1.45. The van der Waals surface area contributed by atoms with Crippen molar-refractivity contribution in [3.05, 3.63) is 23.5 Å². The van der Waals surface area contributed by atoms with E-state index in [1.807, 2.05) is 19.1 Å². The van der Waals surface area contributed by atoms with E-state index in [4.69, 9.17) is 9.84 Å². The van der Waals surface area contributed by atoms with Crippen LogP contribution in [0.25, 0.3) is 0 Å². The molecule has 0 saturated carbocycles. The number of aromatic nitrogens is 1. The van der Waals surface area contributed by atoms with E-state index in [1.165, 1.54) is 5.69 Å². The third-order valence-corrected chi connectivity index (χ3v) is 2.18. The van der Waals surface area contributed by atoms with Crippen LogP contribution in [0, 0.1) is 6.92 Å². The third-order valence-electron chi connectivity index (χ3n) is 2.18. The average molecular weight is 183 g/mol. The van der Waals surface area contributed by atoms with E-state index in [9.17, 15) is 0 Å². The van der Waals surface area contributed by atoms with Gasteiger partial charge < -0.3 is 14.4 Å². The van der Waals surface area contributed by atoms with Crippen LogP contribution in [0.1, 0.15) is 17.8 Å². The molecule has 1 aromatic rings. The minimum atomic E-state index is 0.112. The van der Waals surface area contributed by atoms with Gasteiger partial charge in [0.1, 0.15) is 0 Å². The maximum Gasteiger partial charge on any atom is 0.0832 e. The molecular weight excluding hydrogens is 166 g/mol. The molecule has 0 fully saturated rings. The molecule has 0 aliphatic rings. The fourth-order valence-corrected chi connectivity index (χ4v) is 1.45. The SMILES string of the molecule is COCCCn1c(C)ccc1CO. The first-order valence-corrected chi connectivity index (χ1v) is 4.54. The summed E-state index contributed by atoms with van der Waals surface area (Å²) in [4.78, 5) is 0. The number of methoxy groups -OCH3 is 1. The Labute approximate surface area is 78.9 Å². The summed E-state index contributed by atoms with van der Waals surface area (Å²) in [6.45, 7) is 3.85. The van der Waals surface area contributed by atoms with Gasteiger partial charge in [-0.15, -0.1) is 0 Å². The molecule has 3 nitrogen and oxygen atoms in total. The number of hydrogen-bond donors (Lipinski definition) is 1. The molecule has 0 bridgehead atoms. The molecule has 0 aliphatic carbocycles. The van der Waals surface area contributed by atoms with Crippen LogP contribution in [0.2, 0.25) is 0 Å². The van der Waals surface area contributed by atoms with Gasteiger partial charge in [-0.1, -0.05) is 0 Å². The largest absolute Gasteiger partial charge is 0.390 e. The van der Waals surface area contributed by atoms with Gasteiger partial charge in [0.15, 0.2) is 0 Å². The molecule has 0 aromatic carbocycles. The smallest absolute Gasteiger partial charge is 0.0832 e. The van der Waals surface area contributed by atoms with Crippen molar-refractivity contribution in [2.24, 2.45) is 0 Å². The van der Waals surface area contributed by atoms with E-state index >= 15 is 0 Å². The van der Waals surface area contributed by atoms with Gasteiger partial charge in [-0.2, -0.15) is 0 Å². The van der Waals surface area contributed by atoms with Gasteiger partial charge in [0.25, 0.3) is 0 Å². The average Bonchev–Trinajstić information content (AvgIpc) is 2.48. The molecule has 74 valence electrons. The molecule has 13 heavy (non-hydrogen) atoms. The van der Waals surface area contributed by atoms with E-state index in [0.717, 1.165) is 25.3 Å². The second-order valence-electron chi connectivity index (χ2n) is 3.12. The first kappa shape index (κ1) is 10.3. The van der Waals surface area contributed by atoms with Crippen LogP contribution in [0.15, 0.2) is 12.1 Å². The molecule has 1 rings (SSSR count). The molecule has 0 aliphatic heterocycles. The normalized spacial score (nSPS) is 10.7. The molecule has 0 atom stereocenters. The van der Waals surface area contributed by atoms with Crippen LogP contribution >= 0.6 is 0 Å². The van der Waals surface area contributed by atoms with Crippen molar-refractivity contribution in [1.82, 2.24) is 4.57 Å². The van der Waals surface area contributed by atoms with Crippen LogP contribution in [-0.2, 0) is 17.9 Å². The third kappa shape index (κ3) is 2.57. The van der Waals surface area contributed by atoms with E-state index in [-0.39, 0.29) is 6.61 Å². The number of hydrogen-bond acceptors (Lipinski definition) is 2. The van der Waals surface area contributed by atoms with Gasteiger partial charge in [0, 0.05) is 31.6 Å². The lowest BCUT2D eigenvalue weighted by atomic mass is 10.4. The predicted octanol–water partition coefficient (Wildman–Crippen LogP) is 1.33. The molecular formula is C10H17NO2. The zero-order chi connectivity index (χ0) is 9.68. The number of aliphatic hydroxyl groups excluding tert-OH is 1. The summed E-state index contributed by atoms with van der Waals surface area (Å²) in [6, 6.07) is 3.99. The summed E-state index contributed by atoms with van der Waals surface area (Å²) in [6.07, 6.45) is 0.985. The van der Waals surface area contributed by atoms with E-state index in [0.29, 0.717) is 0 Å². The van der Waals surface area contributed by atoms with Crippen molar-refractivity contribution < 1.29 is 9.84 Å². The van der Waals surface area contributed by atoms with Crippen LogP contribution in [0.4, 0.5) is 0 Å². The lowest BCUT2D eigenvalue weighted by Crippen LogP contribution is -2.06. The monoisotopic (exact) mass is 183 g/mol. The summed E-state index contributed by atoms with van der Waals surface area (Å²) in [5, 5.41) is 9.04. The first-order valence-electron chi connectivity index (χ1n) is 4.54. The maximum atomic E-state index is 9.04. The van der Waals surface area contributed by atoms with Crippen LogP contribution < -0.4 is 0 Å².